The Balaban J connectivity index is 1.85. The Kier molecular flexibility index (Phi) is 2.91. The summed E-state index contributed by atoms with van der Waals surface area (Å²) >= 11 is 0. The van der Waals surface area contributed by atoms with Gasteiger partial charge in [0.05, 0.1) is 11.8 Å². The normalized spacial score (nSPS) is 14.0. The Morgan fingerprint density at radius 3 is 2.89 bits per heavy atom. The maximum absolute atomic E-state index is 11.9. The van der Waals surface area contributed by atoms with Crippen molar-refractivity contribution in [2.24, 2.45) is 0 Å². The minimum atomic E-state index is -0.476. The number of fused-ring (bicyclic) bond motifs is 1. The molecule has 19 heavy (non-hydrogen) atoms. The molecule has 0 radical (unpaired) electrons. The lowest BCUT2D eigenvalue weighted by molar-refractivity contribution is 0.0693. The third-order valence-electron chi connectivity index (χ3n) is 3.18. The van der Waals surface area contributed by atoms with Gasteiger partial charge in [0.15, 0.2) is 5.78 Å². The van der Waals surface area contributed by atoms with Crippen molar-refractivity contribution in [1.29, 1.82) is 0 Å². The van der Waals surface area contributed by atoms with E-state index >= 15 is 0 Å². The lowest BCUT2D eigenvalue weighted by Gasteiger charge is -2.14. The molecule has 0 saturated carbocycles. The summed E-state index contributed by atoms with van der Waals surface area (Å²) in [5, 5.41) is 0. The van der Waals surface area contributed by atoms with E-state index in [0.29, 0.717) is 12.0 Å². The molecule has 0 unspecified atom stereocenters. The first-order chi connectivity index (χ1) is 9.24. The molecule has 2 aromatic rings. The molecule has 3 rings (SSSR count). The van der Waals surface area contributed by atoms with Crippen molar-refractivity contribution >= 4 is 11.8 Å². The molecule has 96 valence electrons. The highest BCUT2D eigenvalue weighted by Crippen LogP contribution is 2.23. The zero-order valence-corrected chi connectivity index (χ0v) is 10.2. The SMILES string of the molecule is O=C(Oc1ccco1)c1ccc2c(c1)CCCC2=O. The molecular formula is C15H12O4. The van der Waals surface area contributed by atoms with Crippen LogP contribution < -0.4 is 4.74 Å². The van der Waals surface area contributed by atoms with Crippen LogP contribution in [0.1, 0.15) is 39.1 Å². The third kappa shape index (κ3) is 2.29. The number of hydrogen-bond donors (Lipinski definition) is 0. The van der Waals surface area contributed by atoms with Gasteiger partial charge < -0.3 is 9.15 Å². The molecule has 1 aromatic heterocycles. The van der Waals surface area contributed by atoms with Gasteiger partial charge in [-0.2, -0.15) is 0 Å². The van der Waals surface area contributed by atoms with Crippen molar-refractivity contribution < 1.29 is 18.7 Å². The van der Waals surface area contributed by atoms with E-state index in [4.69, 9.17) is 9.15 Å². The number of rotatable bonds is 2. The molecule has 0 fully saturated rings. The van der Waals surface area contributed by atoms with Crippen molar-refractivity contribution in [2.45, 2.75) is 19.3 Å². The Morgan fingerprint density at radius 1 is 1.21 bits per heavy atom. The number of hydrogen-bond acceptors (Lipinski definition) is 4. The summed E-state index contributed by atoms with van der Waals surface area (Å²) in [6.07, 6.45) is 3.68. The van der Waals surface area contributed by atoms with Gasteiger partial charge in [-0.05, 0) is 36.6 Å². The van der Waals surface area contributed by atoms with E-state index in [-0.39, 0.29) is 11.7 Å². The van der Waals surface area contributed by atoms with Gasteiger partial charge in [-0.1, -0.05) is 6.07 Å². The van der Waals surface area contributed by atoms with Gasteiger partial charge in [0, 0.05) is 18.1 Å². The second-order valence-corrected chi connectivity index (χ2v) is 4.47. The van der Waals surface area contributed by atoms with Crippen LogP contribution in [0.25, 0.3) is 0 Å². The monoisotopic (exact) mass is 256 g/mol. The maximum atomic E-state index is 11.9. The van der Waals surface area contributed by atoms with Crippen molar-refractivity contribution in [3.8, 4) is 5.95 Å². The fraction of sp³-hybridized carbons (Fsp3) is 0.200. The van der Waals surface area contributed by atoms with Crippen LogP contribution in [0.5, 0.6) is 5.95 Å². The maximum Gasteiger partial charge on any atom is 0.345 e. The van der Waals surface area contributed by atoms with E-state index in [1.54, 1.807) is 30.3 Å². The summed E-state index contributed by atoms with van der Waals surface area (Å²) in [7, 11) is 0. The van der Waals surface area contributed by atoms with Crippen molar-refractivity contribution in [3.63, 3.8) is 0 Å². The molecule has 0 bridgehead atoms. The van der Waals surface area contributed by atoms with Gasteiger partial charge in [0.2, 0.25) is 0 Å². The molecule has 4 nitrogen and oxygen atoms in total. The van der Waals surface area contributed by atoms with Crippen LogP contribution in [0.3, 0.4) is 0 Å². The van der Waals surface area contributed by atoms with Crippen LogP contribution in [0.4, 0.5) is 0 Å². The predicted octanol–water partition coefficient (Wildman–Crippen LogP) is 3.02. The first kappa shape index (κ1) is 11.7. The number of furan rings is 1. The summed E-state index contributed by atoms with van der Waals surface area (Å²) in [6.45, 7) is 0. The molecule has 1 heterocycles. The summed E-state index contributed by atoms with van der Waals surface area (Å²) < 4.78 is 10.0. The van der Waals surface area contributed by atoms with Crippen molar-refractivity contribution in [1.82, 2.24) is 0 Å². The molecule has 0 atom stereocenters. The standard InChI is InChI=1S/C15H12O4/c16-13-4-1-3-10-9-11(6-7-12(10)13)15(17)19-14-5-2-8-18-14/h2,5-9H,1,3-4H2. The number of ether oxygens (including phenoxy) is 1. The molecule has 0 N–H and O–H groups in total. The highest BCUT2D eigenvalue weighted by Gasteiger charge is 2.19. The number of benzene rings is 1. The zero-order chi connectivity index (χ0) is 13.2. The molecule has 0 amide bonds. The first-order valence-corrected chi connectivity index (χ1v) is 6.16. The second-order valence-electron chi connectivity index (χ2n) is 4.47. The lowest BCUT2D eigenvalue weighted by Crippen LogP contribution is -2.14. The summed E-state index contributed by atoms with van der Waals surface area (Å²) in [4.78, 5) is 23.6. The molecule has 0 spiro atoms. The molecule has 1 aliphatic carbocycles. The Morgan fingerprint density at radius 2 is 2.11 bits per heavy atom. The third-order valence-corrected chi connectivity index (χ3v) is 3.18. The number of ketones is 1. The molecule has 1 aromatic carbocycles. The zero-order valence-electron chi connectivity index (χ0n) is 10.2. The van der Waals surface area contributed by atoms with Gasteiger partial charge >= 0.3 is 5.97 Å². The Labute approximate surface area is 110 Å². The van der Waals surface area contributed by atoms with Crippen molar-refractivity contribution in [3.05, 3.63) is 53.3 Å². The predicted molar refractivity (Wildman–Crippen MR) is 67.4 cm³/mol. The van der Waals surface area contributed by atoms with Gasteiger partial charge in [-0.25, -0.2) is 4.79 Å². The van der Waals surface area contributed by atoms with Crippen molar-refractivity contribution in [2.75, 3.05) is 0 Å². The van der Waals surface area contributed by atoms with E-state index in [9.17, 15) is 9.59 Å². The molecule has 1 aliphatic rings. The summed E-state index contributed by atoms with van der Waals surface area (Å²) in [6, 6.07) is 8.27. The van der Waals surface area contributed by atoms with Crippen LogP contribution in [-0.2, 0) is 6.42 Å². The molecule has 0 aliphatic heterocycles. The first-order valence-electron chi connectivity index (χ1n) is 6.16. The molecule has 0 saturated heterocycles. The van der Waals surface area contributed by atoms with Gasteiger partial charge in [-0.15, -0.1) is 0 Å². The van der Waals surface area contributed by atoms with Crippen LogP contribution >= 0.6 is 0 Å². The lowest BCUT2D eigenvalue weighted by atomic mass is 9.89. The Bertz CT molecular complexity index is 626. The van der Waals surface area contributed by atoms with E-state index < -0.39 is 5.97 Å². The van der Waals surface area contributed by atoms with E-state index in [1.165, 1.54) is 6.26 Å². The van der Waals surface area contributed by atoms with Crippen LogP contribution in [-0.4, -0.2) is 11.8 Å². The number of esters is 1. The average Bonchev–Trinajstić information content (AvgIpc) is 2.91. The number of carbonyl (C=O) groups excluding carboxylic acids is 2. The van der Waals surface area contributed by atoms with Crippen LogP contribution in [0, 0.1) is 0 Å². The number of carbonyl (C=O) groups is 2. The topological polar surface area (TPSA) is 56.5 Å². The second kappa shape index (κ2) is 4.72. The van der Waals surface area contributed by atoms with Gasteiger partial charge in [0.1, 0.15) is 0 Å². The summed E-state index contributed by atoms with van der Waals surface area (Å²) in [5.74, 6) is -0.165. The van der Waals surface area contributed by atoms with Crippen LogP contribution in [0.15, 0.2) is 41.0 Å². The molecule has 4 heteroatoms. The van der Waals surface area contributed by atoms with Gasteiger partial charge in [0.25, 0.3) is 5.95 Å². The minimum absolute atomic E-state index is 0.146. The molecular weight excluding hydrogens is 244 g/mol. The van der Waals surface area contributed by atoms with Gasteiger partial charge in [-0.3, -0.25) is 4.79 Å². The van der Waals surface area contributed by atoms with E-state index in [1.807, 2.05) is 0 Å². The fourth-order valence-electron chi connectivity index (χ4n) is 2.25. The average molecular weight is 256 g/mol. The summed E-state index contributed by atoms with van der Waals surface area (Å²) in [5.41, 5.74) is 2.08. The highest BCUT2D eigenvalue weighted by molar-refractivity contribution is 6.00. The van der Waals surface area contributed by atoms with E-state index in [0.717, 1.165) is 24.0 Å². The smallest absolute Gasteiger partial charge is 0.345 e. The van der Waals surface area contributed by atoms with E-state index in [2.05, 4.69) is 0 Å². The minimum Gasteiger partial charge on any atom is -0.434 e. The largest absolute Gasteiger partial charge is 0.434 e. The quantitative estimate of drug-likeness (QED) is 0.775. The number of aryl methyl sites for hydroxylation is 1. The fourth-order valence-corrected chi connectivity index (χ4v) is 2.25. The number of Topliss-reactive ketones (excluding diaryl/α,β-unsaturated/α-hetero) is 1. The Hall–Kier alpha value is -2.36. The van der Waals surface area contributed by atoms with Crippen LogP contribution in [0.2, 0.25) is 0 Å². The highest BCUT2D eigenvalue weighted by atomic mass is 16.6.